The van der Waals surface area contributed by atoms with Crippen LogP contribution in [0.5, 0.6) is 0 Å². The number of rotatable bonds is 3. The van der Waals surface area contributed by atoms with Crippen LogP contribution in [-0.4, -0.2) is 28.1 Å². The van der Waals surface area contributed by atoms with Crippen LogP contribution in [0.1, 0.15) is 29.6 Å². The maximum absolute atomic E-state index is 11.8. The fourth-order valence-corrected chi connectivity index (χ4v) is 2.11. The molecule has 0 bridgehead atoms. The van der Waals surface area contributed by atoms with Crippen LogP contribution >= 0.6 is 23.2 Å². The molecule has 0 radical (unpaired) electrons. The number of nitrogens with one attached hydrogen (secondary N) is 1. The predicted octanol–water partition coefficient (Wildman–Crippen LogP) is 2.03. The van der Waals surface area contributed by atoms with Gasteiger partial charge in [0.05, 0.1) is 11.2 Å². The molecule has 1 heterocycles. The molecule has 1 fully saturated rings. The first-order valence-corrected chi connectivity index (χ1v) is 6.08. The minimum Gasteiger partial charge on any atom is -0.388 e. The molecule has 0 saturated heterocycles. The number of hydrogen-bond donors (Lipinski definition) is 2. The molecule has 1 aromatic heterocycles. The van der Waals surface area contributed by atoms with Gasteiger partial charge in [-0.3, -0.25) is 4.79 Å². The molecule has 0 aliphatic heterocycles. The van der Waals surface area contributed by atoms with Gasteiger partial charge in [-0.25, -0.2) is 4.98 Å². The van der Waals surface area contributed by atoms with Crippen LogP contribution in [0.2, 0.25) is 10.3 Å². The van der Waals surface area contributed by atoms with Gasteiger partial charge in [0, 0.05) is 6.54 Å². The Hall–Kier alpha value is -0.840. The van der Waals surface area contributed by atoms with E-state index in [1.54, 1.807) is 0 Å². The molecule has 0 aromatic carbocycles. The Morgan fingerprint density at radius 1 is 1.47 bits per heavy atom. The Balaban J connectivity index is 1.99. The summed E-state index contributed by atoms with van der Waals surface area (Å²) in [6.07, 6.45) is 2.44. The normalized spacial score (nSPS) is 17.4. The number of amides is 1. The van der Waals surface area contributed by atoms with Crippen LogP contribution in [0.3, 0.4) is 0 Å². The fourth-order valence-electron chi connectivity index (χ4n) is 1.68. The van der Waals surface area contributed by atoms with Crippen LogP contribution < -0.4 is 5.32 Å². The van der Waals surface area contributed by atoms with Crippen molar-refractivity contribution in [3.63, 3.8) is 0 Å². The zero-order valence-electron chi connectivity index (χ0n) is 9.04. The number of nitrogens with zero attached hydrogens (tertiary/aromatic N) is 1. The van der Waals surface area contributed by atoms with Crippen molar-refractivity contribution in [1.29, 1.82) is 0 Å². The summed E-state index contributed by atoms with van der Waals surface area (Å²) in [5, 5.41) is 12.8. The van der Waals surface area contributed by atoms with Crippen LogP contribution in [0.4, 0.5) is 0 Å². The number of aromatic nitrogens is 1. The van der Waals surface area contributed by atoms with Crippen molar-refractivity contribution in [2.24, 2.45) is 0 Å². The average Bonchev–Trinajstić information content (AvgIpc) is 2.23. The molecule has 1 aliphatic carbocycles. The maximum atomic E-state index is 11.8. The SMILES string of the molecule is O=C(NCC1(O)CCC1)c1ccc(Cl)nc1Cl. The van der Waals surface area contributed by atoms with Crippen LogP contribution in [0, 0.1) is 0 Å². The van der Waals surface area contributed by atoms with E-state index >= 15 is 0 Å². The van der Waals surface area contributed by atoms with Gasteiger partial charge in [0.25, 0.3) is 5.91 Å². The quantitative estimate of drug-likeness (QED) is 0.830. The third-order valence-corrected chi connectivity index (χ3v) is 3.42. The summed E-state index contributed by atoms with van der Waals surface area (Å²) in [7, 11) is 0. The molecule has 6 heteroatoms. The van der Waals surface area contributed by atoms with Crippen LogP contribution in [0.25, 0.3) is 0 Å². The fraction of sp³-hybridized carbons (Fsp3) is 0.455. The second-order valence-corrected chi connectivity index (χ2v) is 4.98. The topological polar surface area (TPSA) is 62.2 Å². The van der Waals surface area contributed by atoms with Gasteiger partial charge in [0.15, 0.2) is 0 Å². The van der Waals surface area contributed by atoms with Crippen molar-refractivity contribution in [1.82, 2.24) is 10.3 Å². The molecule has 0 spiro atoms. The first kappa shape index (κ1) is 12.6. The van der Waals surface area contributed by atoms with E-state index in [0.717, 1.165) is 19.3 Å². The Kier molecular flexibility index (Phi) is 3.56. The van der Waals surface area contributed by atoms with E-state index in [1.165, 1.54) is 12.1 Å². The minimum atomic E-state index is -0.748. The van der Waals surface area contributed by atoms with Crippen molar-refractivity contribution < 1.29 is 9.90 Å². The largest absolute Gasteiger partial charge is 0.388 e. The smallest absolute Gasteiger partial charge is 0.254 e. The summed E-state index contributed by atoms with van der Waals surface area (Å²) in [5.74, 6) is -0.348. The van der Waals surface area contributed by atoms with Crippen molar-refractivity contribution in [2.45, 2.75) is 24.9 Å². The third-order valence-electron chi connectivity index (χ3n) is 2.92. The van der Waals surface area contributed by atoms with E-state index in [0.29, 0.717) is 0 Å². The van der Waals surface area contributed by atoms with E-state index in [-0.39, 0.29) is 28.3 Å². The Morgan fingerprint density at radius 2 is 2.18 bits per heavy atom. The standard InChI is InChI=1S/C11H12Cl2N2O2/c12-8-3-2-7(9(13)15-8)10(16)14-6-11(17)4-1-5-11/h2-3,17H,1,4-6H2,(H,14,16). The highest BCUT2D eigenvalue weighted by Crippen LogP contribution is 2.30. The van der Waals surface area contributed by atoms with E-state index in [1.807, 2.05) is 0 Å². The number of pyridine rings is 1. The summed E-state index contributed by atoms with van der Waals surface area (Å²) in [4.78, 5) is 15.6. The first-order valence-electron chi connectivity index (χ1n) is 5.33. The molecule has 4 nitrogen and oxygen atoms in total. The van der Waals surface area contributed by atoms with Gasteiger partial charge in [-0.2, -0.15) is 0 Å². The lowest BCUT2D eigenvalue weighted by Gasteiger charge is -2.36. The number of aliphatic hydroxyl groups is 1. The molecule has 1 aliphatic rings. The van der Waals surface area contributed by atoms with Gasteiger partial charge in [-0.05, 0) is 31.4 Å². The molecule has 92 valence electrons. The van der Waals surface area contributed by atoms with Crippen molar-refractivity contribution >= 4 is 29.1 Å². The Bertz CT molecular complexity index is 447. The summed E-state index contributed by atoms with van der Waals surface area (Å²) in [5.41, 5.74) is -0.485. The highest BCUT2D eigenvalue weighted by atomic mass is 35.5. The molecule has 0 atom stereocenters. The lowest BCUT2D eigenvalue weighted by Crippen LogP contribution is -2.47. The lowest BCUT2D eigenvalue weighted by molar-refractivity contribution is -0.0300. The summed E-state index contributed by atoms with van der Waals surface area (Å²) < 4.78 is 0. The van der Waals surface area contributed by atoms with Gasteiger partial charge in [0.2, 0.25) is 0 Å². The number of carbonyl (C=O) groups is 1. The molecule has 2 N–H and O–H groups in total. The molecule has 1 amide bonds. The van der Waals surface area contributed by atoms with Crippen molar-refractivity contribution in [2.75, 3.05) is 6.54 Å². The molecule has 1 saturated carbocycles. The zero-order valence-corrected chi connectivity index (χ0v) is 10.6. The third kappa shape index (κ3) is 2.89. The molecule has 17 heavy (non-hydrogen) atoms. The molecule has 1 aromatic rings. The second kappa shape index (κ2) is 4.80. The molecular weight excluding hydrogens is 263 g/mol. The van der Waals surface area contributed by atoms with Crippen LogP contribution in [0.15, 0.2) is 12.1 Å². The summed E-state index contributed by atoms with van der Waals surface area (Å²) >= 11 is 11.4. The number of carbonyl (C=O) groups excluding carboxylic acids is 1. The highest BCUT2D eigenvalue weighted by molar-refractivity contribution is 6.34. The van der Waals surface area contributed by atoms with E-state index in [9.17, 15) is 9.90 Å². The van der Waals surface area contributed by atoms with Crippen molar-refractivity contribution in [3.05, 3.63) is 28.0 Å². The second-order valence-electron chi connectivity index (χ2n) is 4.23. The summed E-state index contributed by atoms with van der Waals surface area (Å²) in [6, 6.07) is 3.01. The molecule has 2 rings (SSSR count). The van der Waals surface area contributed by atoms with E-state index in [4.69, 9.17) is 23.2 Å². The molecule has 0 unspecified atom stereocenters. The molecular formula is C11H12Cl2N2O2. The van der Waals surface area contributed by atoms with Gasteiger partial charge in [0.1, 0.15) is 10.3 Å². The average molecular weight is 275 g/mol. The predicted molar refractivity (Wildman–Crippen MR) is 65.4 cm³/mol. The van der Waals surface area contributed by atoms with Gasteiger partial charge in [-0.1, -0.05) is 23.2 Å². The van der Waals surface area contributed by atoms with E-state index < -0.39 is 5.60 Å². The lowest BCUT2D eigenvalue weighted by atomic mass is 9.80. The van der Waals surface area contributed by atoms with Gasteiger partial charge in [-0.15, -0.1) is 0 Å². The number of hydrogen-bond acceptors (Lipinski definition) is 3. The zero-order chi connectivity index (χ0) is 12.5. The van der Waals surface area contributed by atoms with Gasteiger partial charge < -0.3 is 10.4 Å². The van der Waals surface area contributed by atoms with E-state index in [2.05, 4.69) is 10.3 Å². The Morgan fingerprint density at radius 3 is 2.71 bits per heavy atom. The monoisotopic (exact) mass is 274 g/mol. The summed E-state index contributed by atoms with van der Waals surface area (Å²) in [6.45, 7) is 0.241. The Labute approximate surface area is 109 Å². The number of halogens is 2. The van der Waals surface area contributed by atoms with Gasteiger partial charge >= 0.3 is 0 Å². The minimum absolute atomic E-state index is 0.0654. The van der Waals surface area contributed by atoms with Crippen molar-refractivity contribution in [3.8, 4) is 0 Å². The van der Waals surface area contributed by atoms with Crippen LogP contribution in [-0.2, 0) is 0 Å². The highest BCUT2D eigenvalue weighted by Gasteiger charge is 2.34. The first-order chi connectivity index (χ1) is 8.00. The maximum Gasteiger partial charge on any atom is 0.254 e.